The quantitative estimate of drug-likeness (QED) is 0.654. The van der Waals surface area contributed by atoms with Gasteiger partial charge in [-0.25, -0.2) is 0 Å². The van der Waals surface area contributed by atoms with Crippen LogP contribution < -0.4 is 11.3 Å². The number of halogens is 1. The van der Waals surface area contributed by atoms with Crippen LogP contribution in [-0.4, -0.2) is 6.04 Å². The summed E-state index contributed by atoms with van der Waals surface area (Å²) < 4.78 is 1.20. The molecule has 1 aromatic rings. The molecule has 1 fully saturated rings. The lowest BCUT2D eigenvalue weighted by Crippen LogP contribution is -2.38. The fourth-order valence-corrected chi connectivity index (χ4v) is 3.47. The predicted octanol–water partition coefficient (Wildman–Crippen LogP) is 2.54. The summed E-state index contributed by atoms with van der Waals surface area (Å²) in [6.07, 6.45) is 2.38. The van der Waals surface area contributed by atoms with Crippen molar-refractivity contribution >= 4 is 27.3 Å². The number of hydrogen-bond acceptors (Lipinski definition) is 3. The van der Waals surface area contributed by atoms with Gasteiger partial charge in [0, 0.05) is 10.9 Å². The molecule has 0 amide bonds. The molecule has 1 aliphatic rings. The molecule has 4 heteroatoms. The minimum atomic E-state index is 0.454. The Labute approximate surface area is 97.0 Å². The van der Waals surface area contributed by atoms with Gasteiger partial charge in [-0.05, 0) is 52.7 Å². The number of hydrogen-bond donors (Lipinski definition) is 2. The summed E-state index contributed by atoms with van der Waals surface area (Å²) >= 11 is 5.27. The molecule has 1 heterocycles. The van der Waals surface area contributed by atoms with Gasteiger partial charge in [0.15, 0.2) is 0 Å². The van der Waals surface area contributed by atoms with Crippen molar-refractivity contribution in [2.45, 2.75) is 25.8 Å². The van der Waals surface area contributed by atoms with E-state index < -0.39 is 0 Å². The average molecular weight is 275 g/mol. The van der Waals surface area contributed by atoms with Crippen molar-refractivity contribution in [2.24, 2.45) is 17.7 Å². The average Bonchev–Trinajstić information content (AvgIpc) is 2.72. The van der Waals surface area contributed by atoms with E-state index in [1.165, 1.54) is 15.1 Å². The van der Waals surface area contributed by atoms with Gasteiger partial charge in [-0.3, -0.25) is 11.3 Å². The van der Waals surface area contributed by atoms with Gasteiger partial charge < -0.3 is 0 Å². The van der Waals surface area contributed by atoms with Crippen LogP contribution in [0.4, 0.5) is 0 Å². The maximum Gasteiger partial charge on any atom is 0.0701 e. The summed E-state index contributed by atoms with van der Waals surface area (Å²) in [4.78, 5) is 1.40. The van der Waals surface area contributed by atoms with Gasteiger partial charge >= 0.3 is 0 Å². The van der Waals surface area contributed by atoms with Crippen molar-refractivity contribution in [1.29, 1.82) is 0 Å². The highest BCUT2D eigenvalue weighted by molar-refractivity contribution is 9.11. The first-order valence-corrected chi connectivity index (χ1v) is 6.52. The molecule has 1 saturated carbocycles. The van der Waals surface area contributed by atoms with Gasteiger partial charge in [0.1, 0.15) is 0 Å². The van der Waals surface area contributed by atoms with Crippen LogP contribution in [0.15, 0.2) is 15.9 Å². The Morgan fingerprint density at radius 2 is 2.43 bits per heavy atom. The third-order valence-electron chi connectivity index (χ3n) is 2.95. The molecule has 14 heavy (non-hydrogen) atoms. The molecular formula is C10H15BrN2S. The number of nitrogens with two attached hydrogens (primary N) is 1. The van der Waals surface area contributed by atoms with Crippen LogP contribution in [0.3, 0.4) is 0 Å². The standard InChI is InChI=1S/C10H15BrN2S/c1-6-4-8(6)9(13-12)5-7-2-3-10(11)14-7/h2-3,6,8-9,13H,4-5,12H2,1H3. The second-order valence-electron chi connectivity index (χ2n) is 4.06. The predicted molar refractivity (Wildman–Crippen MR) is 64.1 cm³/mol. The highest BCUT2D eigenvalue weighted by Crippen LogP contribution is 2.41. The second kappa shape index (κ2) is 4.31. The monoisotopic (exact) mass is 274 g/mol. The van der Waals surface area contributed by atoms with Gasteiger partial charge in [0.2, 0.25) is 0 Å². The first kappa shape index (κ1) is 10.6. The Kier molecular flexibility index (Phi) is 3.27. The molecule has 0 radical (unpaired) electrons. The fraction of sp³-hybridized carbons (Fsp3) is 0.600. The Bertz CT molecular complexity index is 313. The normalized spacial score (nSPS) is 27.6. The minimum Gasteiger partial charge on any atom is -0.271 e. The van der Waals surface area contributed by atoms with E-state index in [1.54, 1.807) is 11.3 Å². The minimum absolute atomic E-state index is 0.454. The molecule has 1 aliphatic carbocycles. The second-order valence-corrected chi connectivity index (χ2v) is 6.61. The lowest BCUT2D eigenvalue weighted by molar-refractivity contribution is 0.457. The number of hydrazine groups is 1. The third-order valence-corrected chi connectivity index (χ3v) is 4.60. The van der Waals surface area contributed by atoms with E-state index >= 15 is 0 Å². The largest absolute Gasteiger partial charge is 0.271 e. The zero-order chi connectivity index (χ0) is 10.1. The van der Waals surface area contributed by atoms with Crippen LogP contribution in [0.25, 0.3) is 0 Å². The zero-order valence-corrected chi connectivity index (χ0v) is 10.6. The molecule has 0 aromatic carbocycles. The molecule has 0 saturated heterocycles. The van der Waals surface area contributed by atoms with Crippen molar-refractivity contribution in [1.82, 2.24) is 5.43 Å². The number of nitrogens with one attached hydrogen (secondary N) is 1. The first-order valence-electron chi connectivity index (χ1n) is 4.91. The van der Waals surface area contributed by atoms with Crippen molar-refractivity contribution in [3.05, 3.63) is 20.8 Å². The van der Waals surface area contributed by atoms with Crippen LogP contribution >= 0.6 is 27.3 Å². The third kappa shape index (κ3) is 2.37. The van der Waals surface area contributed by atoms with Gasteiger partial charge in [-0.2, -0.15) is 0 Å². The molecule has 0 spiro atoms. The first-order chi connectivity index (χ1) is 6.70. The van der Waals surface area contributed by atoms with Crippen LogP contribution in [-0.2, 0) is 6.42 Å². The lowest BCUT2D eigenvalue weighted by Gasteiger charge is -2.13. The molecule has 3 atom stereocenters. The molecule has 0 bridgehead atoms. The van der Waals surface area contributed by atoms with E-state index in [9.17, 15) is 0 Å². The van der Waals surface area contributed by atoms with Gasteiger partial charge in [0.05, 0.1) is 3.79 Å². The molecule has 3 N–H and O–H groups in total. The SMILES string of the molecule is CC1CC1C(Cc1ccc(Br)s1)NN. The van der Waals surface area contributed by atoms with Gasteiger partial charge in [-0.1, -0.05) is 6.92 Å². The van der Waals surface area contributed by atoms with E-state index in [0.717, 1.165) is 18.3 Å². The Balaban J connectivity index is 1.94. The van der Waals surface area contributed by atoms with Crippen molar-refractivity contribution in [2.75, 3.05) is 0 Å². The van der Waals surface area contributed by atoms with Crippen molar-refractivity contribution < 1.29 is 0 Å². The number of rotatable bonds is 4. The van der Waals surface area contributed by atoms with Crippen LogP contribution in [0, 0.1) is 11.8 Å². The van der Waals surface area contributed by atoms with Gasteiger partial charge in [-0.15, -0.1) is 11.3 Å². The van der Waals surface area contributed by atoms with Crippen molar-refractivity contribution in [3.63, 3.8) is 0 Å². The summed E-state index contributed by atoms with van der Waals surface area (Å²) in [5.74, 6) is 7.20. The van der Waals surface area contributed by atoms with Gasteiger partial charge in [0.25, 0.3) is 0 Å². The summed E-state index contributed by atoms with van der Waals surface area (Å²) in [6.45, 7) is 2.29. The van der Waals surface area contributed by atoms with Crippen LogP contribution in [0.2, 0.25) is 0 Å². The maximum atomic E-state index is 5.57. The molecule has 2 rings (SSSR count). The number of thiophene rings is 1. The van der Waals surface area contributed by atoms with E-state index in [2.05, 4.69) is 40.4 Å². The molecule has 3 unspecified atom stereocenters. The summed E-state index contributed by atoms with van der Waals surface area (Å²) in [5.41, 5.74) is 2.94. The van der Waals surface area contributed by atoms with E-state index in [4.69, 9.17) is 5.84 Å². The topological polar surface area (TPSA) is 38.0 Å². The van der Waals surface area contributed by atoms with Crippen LogP contribution in [0.5, 0.6) is 0 Å². The van der Waals surface area contributed by atoms with Crippen LogP contribution in [0.1, 0.15) is 18.2 Å². The Morgan fingerprint density at radius 1 is 1.71 bits per heavy atom. The molecule has 2 nitrogen and oxygen atoms in total. The fourth-order valence-electron chi connectivity index (χ4n) is 1.92. The smallest absolute Gasteiger partial charge is 0.0701 e. The molecule has 78 valence electrons. The Morgan fingerprint density at radius 3 is 2.86 bits per heavy atom. The molecule has 0 aliphatic heterocycles. The highest BCUT2D eigenvalue weighted by Gasteiger charge is 2.38. The zero-order valence-electron chi connectivity index (χ0n) is 8.16. The highest BCUT2D eigenvalue weighted by atomic mass is 79.9. The maximum absolute atomic E-state index is 5.57. The lowest BCUT2D eigenvalue weighted by atomic mass is 10.1. The summed E-state index contributed by atoms with van der Waals surface area (Å²) in [5, 5.41) is 0. The Hall–Kier alpha value is 0.1000. The summed E-state index contributed by atoms with van der Waals surface area (Å²) in [6, 6.07) is 4.73. The van der Waals surface area contributed by atoms with E-state index in [-0.39, 0.29) is 0 Å². The van der Waals surface area contributed by atoms with E-state index in [1.807, 2.05) is 0 Å². The molecule has 1 aromatic heterocycles. The molecular weight excluding hydrogens is 260 g/mol. The van der Waals surface area contributed by atoms with E-state index in [0.29, 0.717) is 6.04 Å². The summed E-state index contributed by atoms with van der Waals surface area (Å²) in [7, 11) is 0. The van der Waals surface area contributed by atoms with Crippen molar-refractivity contribution in [3.8, 4) is 0 Å².